The topological polar surface area (TPSA) is 46.0 Å². The van der Waals surface area contributed by atoms with E-state index in [1.807, 2.05) is 6.92 Å². The average Bonchev–Trinajstić information content (AvgIpc) is 2.47. The Hall–Kier alpha value is -0.480. The van der Waals surface area contributed by atoms with E-state index in [4.69, 9.17) is 0 Å². The fourth-order valence-corrected chi connectivity index (χ4v) is 1.74. The molecule has 0 aliphatic carbocycles. The van der Waals surface area contributed by atoms with Crippen LogP contribution in [0.15, 0.2) is 0 Å². The standard InChI is InChI=1S/C8H14N2OS/c1-3-4-5-7(11)8-6(2)9-10-12-8/h7,11H,3-5H2,1-2H3. The predicted octanol–water partition coefficient (Wildman–Crippen LogP) is 2.07. The van der Waals surface area contributed by atoms with Crippen LogP contribution in [-0.2, 0) is 0 Å². The van der Waals surface area contributed by atoms with E-state index in [1.54, 1.807) is 0 Å². The Morgan fingerprint density at radius 1 is 1.58 bits per heavy atom. The van der Waals surface area contributed by atoms with E-state index in [2.05, 4.69) is 16.5 Å². The first-order valence-corrected chi connectivity index (χ1v) is 5.00. The van der Waals surface area contributed by atoms with Crippen LogP contribution in [0.4, 0.5) is 0 Å². The van der Waals surface area contributed by atoms with Gasteiger partial charge in [-0.05, 0) is 24.9 Å². The van der Waals surface area contributed by atoms with Crippen LogP contribution in [0.1, 0.15) is 42.9 Å². The zero-order chi connectivity index (χ0) is 8.97. The van der Waals surface area contributed by atoms with Crippen molar-refractivity contribution >= 4 is 11.5 Å². The molecular weight excluding hydrogens is 172 g/mol. The van der Waals surface area contributed by atoms with Crippen molar-refractivity contribution in [1.82, 2.24) is 9.59 Å². The average molecular weight is 186 g/mol. The maximum Gasteiger partial charge on any atom is 0.0917 e. The van der Waals surface area contributed by atoms with Crippen LogP contribution in [0.5, 0.6) is 0 Å². The lowest BCUT2D eigenvalue weighted by Gasteiger charge is -2.06. The van der Waals surface area contributed by atoms with E-state index < -0.39 is 0 Å². The largest absolute Gasteiger partial charge is 0.387 e. The van der Waals surface area contributed by atoms with Crippen LogP contribution in [0.25, 0.3) is 0 Å². The van der Waals surface area contributed by atoms with Crippen molar-refractivity contribution in [3.8, 4) is 0 Å². The molecule has 0 aliphatic heterocycles. The van der Waals surface area contributed by atoms with E-state index in [-0.39, 0.29) is 6.10 Å². The summed E-state index contributed by atoms with van der Waals surface area (Å²) in [5.74, 6) is 0. The van der Waals surface area contributed by atoms with Crippen molar-refractivity contribution in [2.24, 2.45) is 0 Å². The van der Waals surface area contributed by atoms with Crippen LogP contribution in [0.2, 0.25) is 0 Å². The predicted molar refractivity (Wildman–Crippen MR) is 49.1 cm³/mol. The summed E-state index contributed by atoms with van der Waals surface area (Å²) in [6, 6.07) is 0. The normalized spacial score (nSPS) is 13.2. The molecule has 1 atom stereocenters. The minimum absolute atomic E-state index is 0.357. The highest BCUT2D eigenvalue weighted by atomic mass is 32.1. The molecule has 1 aromatic heterocycles. The monoisotopic (exact) mass is 186 g/mol. The Bertz CT molecular complexity index is 237. The maximum atomic E-state index is 9.65. The van der Waals surface area contributed by atoms with Gasteiger partial charge in [-0.3, -0.25) is 0 Å². The lowest BCUT2D eigenvalue weighted by molar-refractivity contribution is 0.167. The van der Waals surface area contributed by atoms with Gasteiger partial charge in [0.25, 0.3) is 0 Å². The van der Waals surface area contributed by atoms with Gasteiger partial charge in [-0.15, -0.1) is 5.10 Å². The first kappa shape index (κ1) is 9.61. The second-order valence-electron chi connectivity index (χ2n) is 2.88. The molecule has 0 aromatic carbocycles. The summed E-state index contributed by atoms with van der Waals surface area (Å²) in [5.41, 5.74) is 0.864. The molecule has 1 aromatic rings. The van der Waals surface area contributed by atoms with Gasteiger partial charge < -0.3 is 5.11 Å². The van der Waals surface area contributed by atoms with Gasteiger partial charge >= 0.3 is 0 Å². The van der Waals surface area contributed by atoms with Crippen LogP contribution in [-0.4, -0.2) is 14.7 Å². The Morgan fingerprint density at radius 3 is 2.83 bits per heavy atom. The molecule has 68 valence electrons. The van der Waals surface area contributed by atoms with Crippen LogP contribution in [0, 0.1) is 6.92 Å². The molecule has 3 nitrogen and oxygen atoms in total. The molecule has 1 unspecified atom stereocenters. The number of nitrogens with zero attached hydrogens (tertiary/aromatic N) is 2. The molecule has 12 heavy (non-hydrogen) atoms. The highest BCUT2D eigenvalue weighted by Gasteiger charge is 2.12. The van der Waals surface area contributed by atoms with Gasteiger partial charge in [0, 0.05) is 0 Å². The third kappa shape index (κ3) is 2.25. The summed E-state index contributed by atoms with van der Waals surface area (Å²) >= 11 is 1.30. The van der Waals surface area contributed by atoms with Crippen molar-refractivity contribution in [2.75, 3.05) is 0 Å². The van der Waals surface area contributed by atoms with Gasteiger partial charge in [-0.2, -0.15) is 0 Å². The van der Waals surface area contributed by atoms with E-state index in [0.717, 1.165) is 29.8 Å². The van der Waals surface area contributed by atoms with Crippen molar-refractivity contribution < 1.29 is 5.11 Å². The number of aliphatic hydroxyl groups excluding tert-OH is 1. The number of rotatable bonds is 4. The lowest BCUT2D eigenvalue weighted by Crippen LogP contribution is -1.96. The first-order valence-electron chi connectivity index (χ1n) is 4.22. The van der Waals surface area contributed by atoms with E-state index >= 15 is 0 Å². The van der Waals surface area contributed by atoms with Crippen LogP contribution in [0.3, 0.4) is 0 Å². The fraction of sp³-hybridized carbons (Fsp3) is 0.750. The molecule has 0 aliphatic rings. The highest BCUT2D eigenvalue weighted by molar-refractivity contribution is 7.05. The van der Waals surface area contributed by atoms with Gasteiger partial charge in [0.1, 0.15) is 0 Å². The number of hydrogen-bond acceptors (Lipinski definition) is 4. The quantitative estimate of drug-likeness (QED) is 0.783. The van der Waals surface area contributed by atoms with Crippen molar-refractivity contribution in [3.63, 3.8) is 0 Å². The smallest absolute Gasteiger partial charge is 0.0917 e. The van der Waals surface area contributed by atoms with Gasteiger partial charge in [-0.25, -0.2) is 0 Å². The van der Waals surface area contributed by atoms with Gasteiger partial charge in [-0.1, -0.05) is 24.3 Å². The number of unbranched alkanes of at least 4 members (excludes halogenated alkanes) is 1. The molecule has 4 heteroatoms. The van der Waals surface area contributed by atoms with Gasteiger partial charge in [0.15, 0.2) is 0 Å². The number of aliphatic hydroxyl groups is 1. The minimum Gasteiger partial charge on any atom is -0.387 e. The SMILES string of the molecule is CCCCC(O)c1snnc1C. The molecule has 0 amide bonds. The Kier molecular flexibility index (Phi) is 3.62. The zero-order valence-electron chi connectivity index (χ0n) is 7.45. The fourth-order valence-electron chi connectivity index (χ4n) is 1.07. The molecular formula is C8H14N2OS. The summed E-state index contributed by atoms with van der Waals surface area (Å²) in [6.07, 6.45) is 2.63. The Morgan fingerprint density at radius 2 is 2.33 bits per heavy atom. The zero-order valence-corrected chi connectivity index (χ0v) is 8.27. The molecule has 0 fully saturated rings. The van der Waals surface area contributed by atoms with Gasteiger partial charge in [0.05, 0.1) is 16.7 Å². The number of hydrogen-bond donors (Lipinski definition) is 1. The molecule has 0 bridgehead atoms. The minimum atomic E-state index is -0.357. The second-order valence-corrected chi connectivity index (χ2v) is 3.67. The highest BCUT2D eigenvalue weighted by Crippen LogP contribution is 2.23. The number of aromatic nitrogens is 2. The van der Waals surface area contributed by atoms with E-state index in [9.17, 15) is 5.11 Å². The third-order valence-corrected chi connectivity index (χ3v) is 2.75. The van der Waals surface area contributed by atoms with E-state index in [0.29, 0.717) is 0 Å². The van der Waals surface area contributed by atoms with Crippen molar-refractivity contribution in [1.29, 1.82) is 0 Å². The molecule has 0 saturated carbocycles. The molecule has 1 N–H and O–H groups in total. The summed E-state index contributed by atoms with van der Waals surface area (Å²) < 4.78 is 3.78. The van der Waals surface area contributed by atoms with Gasteiger partial charge in [0.2, 0.25) is 0 Å². The molecule has 1 rings (SSSR count). The molecule has 0 radical (unpaired) electrons. The van der Waals surface area contributed by atoms with E-state index in [1.165, 1.54) is 11.5 Å². The molecule has 1 heterocycles. The number of aryl methyl sites for hydroxylation is 1. The molecule has 0 saturated heterocycles. The molecule has 0 spiro atoms. The summed E-state index contributed by atoms with van der Waals surface area (Å²) in [7, 11) is 0. The second kappa shape index (κ2) is 4.52. The summed E-state index contributed by atoms with van der Waals surface area (Å²) in [5, 5.41) is 13.5. The first-order chi connectivity index (χ1) is 5.75. The Labute approximate surface area is 76.6 Å². The van der Waals surface area contributed by atoms with Crippen molar-refractivity contribution in [3.05, 3.63) is 10.6 Å². The van der Waals surface area contributed by atoms with Crippen LogP contribution >= 0.6 is 11.5 Å². The summed E-state index contributed by atoms with van der Waals surface area (Å²) in [6.45, 7) is 4.00. The third-order valence-electron chi connectivity index (χ3n) is 1.82. The lowest BCUT2D eigenvalue weighted by atomic mass is 10.1. The van der Waals surface area contributed by atoms with Crippen molar-refractivity contribution in [2.45, 2.75) is 39.2 Å². The Balaban J connectivity index is 2.52. The maximum absolute atomic E-state index is 9.65. The van der Waals surface area contributed by atoms with Crippen LogP contribution < -0.4 is 0 Å². The summed E-state index contributed by atoms with van der Waals surface area (Å²) in [4.78, 5) is 0.920.